The van der Waals surface area contributed by atoms with Crippen molar-refractivity contribution in [1.29, 1.82) is 0 Å². The van der Waals surface area contributed by atoms with E-state index in [1.54, 1.807) is 0 Å². The Morgan fingerprint density at radius 1 is 0.793 bits per heavy atom. The number of rotatable bonds is 1. The molecule has 1 saturated heterocycles. The molecule has 29 heavy (non-hydrogen) atoms. The maximum absolute atomic E-state index is 13.9. The van der Waals surface area contributed by atoms with Gasteiger partial charge in [0.25, 0.3) is 0 Å². The van der Waals surface area contributed by atoms with Crippen molar-refractivity contribution in [3.63, 3.8) is 0 Å². The molecule has 7 rings (SSSR count). The van der Waals surface area contributed by atoms with Crippen molar-refractivity contribution in [2.75, 3.05) is 4.90 Å². The van der Waals surface area contributed by atoms with E-state index in [9.17, 15) is 9.59 Å². The minimum Gasteiger partial charge on any atom is -0.274 e. The second-order valence-corrected chi connectivity index (χ2v) is 9.21. The van der Waals surface area contributed by atoms with Crippen LogP contribution >= 0.6 is 15.9 Å². The highest BCUT2D eigenvalue weighted by Crippen LogP contribution is 2.64. The SMILES string of the molecule is O=C1C[C@]2(CC3c4ccccc4C2c2ccccc23)C(=O)N1c1ccc(Br)cc1. The summed E-state index contributed by atoms with van der Waals surface area (Å²) in [6.07, 6.45) is 0.967. The van der Waals surface area contributed by atoms with E-state index in [4.69, 9.17) is 0 Å². The van der Waals surface area contributed by atoms with E-state index in [1.165, 1.54) is 27.2 Å². The van der Waals surface area contributed by atoms with Gasteiger partial charge in [-0.2, -0.15) is 0 Å². The molecule has 4 aliphatic rings. The molecule has 0 radical (unpaired) electrons. The third kappa shape index (κ3) is 2.18. The van der Waals surface area contributed by atoms with E-state index in [1.807, 2.05) is 36.4 Å². The summed E-state index contributed by atoms with van der Waals surface area (Å²) in [4.78, 5) is 28.4. The van der Waals surface area contributed by atoms with Crippen molar-refractivity contribution < 1.29 is 9.59 Å². The first-order valence-corrected chi connectivity index (χ1v) is 10.7. The van der Waals surface area contributed by atoms with Gasteiger partial charge in [-0.3, -0.25) is 14.5 Å². The molecule has 1 spiro atoms. The molecular weight excluding hydrogens is 426 g/mol. The zero-order valence-corrected chi connectivity index (χ0v) is 17.2. The molecule has 3 aromatic rings. The highest BCUT2D eigenvalue weighted by Gasteiger charge is 2.62. The van der Waals surface area contributed by atoms with Crippen molar-refractivity contribution in [1.82, 2.24) is 0 Å². The van der Waals surface area contributed by atoms with Crippen LogP contribution in [0.5, 0.6) is 0 Å². The molecule has 3 aromatic carbocycles. The molecule has 142 valence electrons. The van der Waals surface area contributed by atoms with Crippen molar-refractivity contribution in [2.24, 2.45) is 5.41 Å². The van der Waals surface area contributed by atoms with Gasteiger partial charge in [-0.05, 0) is 52.9 Å². The summed E-state index contributed by atoms with van der Waals surface area (Å²) in [7, 11) is 0. The van der Waals surface area contributed by atoms with Gasteiger partial charge in [0.05, 0.1) is 11.1 Å². The van der Waals surface area contributed by atoms with Crippen LogP contribution in [0, 0.1) is 5.41 Å². The highest BCUT2D eigenvalue weighted by atomic mass is 79.9. The summed E-state index contributed by atoms with van der Waals surface area (Å²) in [5.41, 5.74) is 5.00. The van der Waals surface area contributed by atoms with Crippen LogP contribution in [0.3, 0.4) is 0 Å². The van der Waals surface area contributed by atoms with Gasteiger partial charge in [-0.15, -0.1) is 0 Å². The molecular formula is C25H18BrNO2. The van der Waals surface area contributed by atoms with Crippen molar-refractivity contribution in [3.8, 4) is 0 Å². The van der Waals surface area contributed by atoms with E-state index < -0.39 is 5.41 Å². The smallest absolute Gasteiger partial charge is 0.241 e. The zero-order valence-electron chi connectivity index (χ0n) is 15.6. The number of imide groups is 1. The van der Waals surface area contributed by atoms with Crippen LogP contribution in [0.1, 0.15) is 46.9 Å². The van der Waals surface area contributed by atoms with E-state index in [2.05, 4.69) is 52.3 Å². The Morgan fingerprint density at radius 3 is 1.93 bits per heavy atom. The predicted molar refractivity (Wildman–Crippen MR) is 115 cm³/mol. The molecule has 0 aromatic heterocycles. The van der Waals surface area contributed by atoms with Crippen molar-refractivity contribution in [3.05, 3.63) is 99.5 Å². The van der Waals surface area contributed by atoms with Crippen molar-refractivity contribution in [2.45, 2.75) is 24.7 Å². The molecule has 3 nitrogen and oxygen atoms in total. The number of nitrogens with zero attached hydrogens (tertiary/aromatic N) is 1. The topological polar surface area (TPSA) is 37.4 Å². The molecule has 1 aliphatic heterocycles. The van der Waals surface area contributed by atoms with Gasteiger partial charge in [0, 0.05) is 22.7 Å². The maximum atomic E-state index is 13.9. The van der Waals surface area contributed by atoms with E-state index in [0.29, 0.717) is 12.1 Å². The highest BCUT2D eigenvalue weighted by molar-refractivity contribution is 9.10. The largest absolute Gasteiger partial charge is 0.274 e. The minimum atomic E-state index is -0.697. The number of carbonyl (C=O) groups is 2. The zero-order chi connectivity index (χ0) is 19.8. The number of hydrogen-bond acceptors (Lipinski definition) is 2. The average molecular weight is 444 g/mol. The summed E-state index contributed by atoms with van der Waals surface area (Å²) in [5, 5.41) is 0. The molecule has 1 heterocycles. The van der Waals surface area contributed by atoms with Gasteiger partial charge in [-0.1, -0.05) is 64.5 Å². The Kier molecular flexibility index (Phi) is 3.49. The third-order valence-corrected chi connectivity index (χ3v) is 7.44. The second kappa shape index (κ2) is 5.90. The molecule has 2 amide bonds. The number of carbonyl (C=O) groups excluding carboxylic acids is 2. The monoisotopic (exact) mass is 443 g/mol. The quantitative estimate of drug-likeness (QED) is 0.473. The van der Waals surface area contributed by atoms with E-state index in [0.717, 1.165) is 4.47 Å². The fraction of sp³-hybridized carbons (Fsp3) is 0.200. The van der Waals surface area contributed by atoms with Crippen LogP contribution in [0.15, 0.2) is 77.3 Å². The summed E-state index contributed by atoms with van der Waals surface area (Å²) in [5.74, 6) is -0.0607. The number of halogens is 1. The van der Waals surface area contributed by atoms with Gasteiger partial charge in [-0.25, -0.2) is 0 Å². The Balaban J connectivity index is 1.54. The Hall–Kier alpha value is -2.72. The van der Waals surface area contributed by atoms with E-state index >= 15 is 0 Å². The first-order chi connectivity index (χ1) is 14.1. The van der Waals surface area contributed by atoms with Crippen LogP contribution < -0.4 is 4.90 Å². The molecule has 4 heteroatoms. The molecule has 1 fully saturated rings. The van der Waals surface area contributed by atoms with Gasteiger partial charge in [0.1, 0.15) is 0 Å². The number of anilines is 1. The molecule has 2 bridgehead atoms. The van der Waals surface area contributed by atoms with Crippen LogP contribution in [-0.2, 0) is 9.59 Å². The summed E-state index contributed by atoms with van der Waals surface area (Å²) in [6, 6.07) is 24.3. The van der Waals surface area contributed by atoms with Crippen molar-refractivity contribution >= 4 is 33.4 Å². The number of hydrogen-bond donors (Lipinski definition) is 0. The lowest BCUT2D eigenvalue weighted by molar-refractivity contribution is -0.127. The number of amides is 2. The standard InChI is InChI=1S/C25H18BrNO2/c26-15-9-11-16(12-10-15)27-22(28)14-25(24(27)29)13-21-17-5-1-3-7-19(17)23(25)20-8-4-2-6-18(20)21/h1-12,21,23H,13-14H2/t21?,23?,25-/m0/s1. The van der Waals surface area contributed by atoms with Gasteiger partial charge in [0.15, 0.2) is 0 Å². The summed E-state index contributed by atoms with van der Waals surface area (Å²) < 4.78 is 0.926. The number of benzene rings is 3. The third-order valence-electron chi connectivity index (χ3n) is 6.92. The Bertz CT molecular complexity index is 1140. The molecule has 0 N–H and O–H groups in total. The lowest BCUT2D eigenvalue weighted by Gasteiger charge is -2.50. The predicted octanol–water partition coefficient (Wildman–Crippen LogP) is 5.38. The fourth-order valence-corrected chi connectivity index (χ4v) is 6.08. The van der Waals surface area contributed by atoms with Gasteiger partial charge in [0.2, 0.25) is 11.8 Å². The second-order valence-electron chi connectivity index (χ2n) is 8.29. The minimum absolute atomic E-state index is 0.0520. The van der Waals surface area contributed by atoms with Crippen LogP contribution in [-0.4, -0.2) is 11.8 Å². The summed E-state index contributed by atoms with van der Waals surface area (Å²) >= 11 is 3.43. The lowest BCUT2D eigenvalue weighted by atomic mass is 9.51. The van der Waals surface area contributed by atoms with Crippen LogP contribution in [0.2, 0.25) is 0 Å². The average Bonchev–Trinajstić information content (AvgIpc) is 2.98. The lowest BCUT2D eigenvalue weighted by Crippen LogP contribution is -2.47. The normalized spacial score (nSPS) is 26.7. The molecule has 1 atom stereocenters. The molecule has 0 unspecified atom stereocenters. The van der Waals surface area contributed by atoms with Crippen LogP contribution in [0.25, 0.3) is 0 Å². The Morgan fingerprint density at radius 2 is 1.34 bits per heavy atom. The molecule has 0 saturated carbocycles. The van der Waals surface area contributed by atoms with Gasteiger partial charge >= 0.3 is 0 Å². The van der Waals surface area contributed by atoms with Gasteiger partial charge < -0.3 is 0 Å². The van der Waals surface area contributed by atoms with Crippen LogP contribution in [0.4, 0.5) is 5.69 Å². The summed E-state index contributed by atoms with van der Waals surface area (Å²) in [6.45, 7) is 0. The Labute approximate surface area is 177 Å². The fourth-order valence-electron chi connectivity index (χ4n) is 5.81. The van der Waals surface area contributed by atoms with E-state index in [-0.39, 0.29) is 30.1 Å². The first kappa shape index (κ1) is 17.2. The molecule has 3 aliphatic carbocycles. The first-order valence-electron chi connectivity index (χ1n) is 9.91. The maximum Gasteiger partial charge on any atom is 0.241 e.